The molecule has 0 saturated carbocycles. The smallest absolute Gasteiger partial charge is 0.191 e. The lowest BCUT2D eigenvalue weighted by Crippen LogP contribution is -2.44. The van der Waals surface area contributed by atoms with Crippen LogP contribution in [-0.4, -0.2) is 44.3 Å². The molecule has 0 fully saturated rings. The molecule has 0 amide bonds. The van der Waals surface area contributed by atoms with Crippen LogP contribution in [0.2, 0.25) is 5.02 Å². The Bertz CT molecular complexity index is 638. The van der Waals surface area contributed by atoms with Crippen LogP contribution in [0, 0.1) is 0 Å². The Morgan fingerprint density at radius 3 is 3.00 bits per heavy atom. The van der Waals surface area contributed by atoms with E-state index in [0.717, 1.165) is 29.5 Å². The van der Waals surface area contributed by atoms with Gasteiger partial charge in [-0.1, -0.05) is 11.6 Å². The van der Waals surface area contributed by atoms with Crippen LogP contribution < -0.4 is 10.6 Å². The second-order valence-electron chi connectivity index (χ2n) is 5.25. The summed E-state index contributed by atoms with van der Waals surface area (Å²) in [4.78, 5) is 7.48. The summed E-state index contributed by atoms with van der Waals surface area (Å²) in [7, 11) is 3.46. The number of fused-ring (bicyclic) bond motifs is 1. The third-order valence-corrected chi connectivity index (χ3v) is 3.67. The van der Waals surface area contributed by atoms with Crippen molar-refractivity contribution in [3.63, 3.8) is 0 Å². The number of rotatable bonds is 6. The number of aliphatic imine (C=N–C) groups is 1. The van der Waals surface area contributed by atoms with E-state index in [1.807, 2.05) is 24.4 Å². The number of aromatic amines is 1. The van der Waals surface area contributed by atoms with Crippen molar-refractivity contribution in [3.05, 3.63) is 35.0 Å². The van der Waals surface area contributed by atoms with E-state index < -0.39 is 0 Å². The molecule has 1 aromatic heterocycles. The van der Waals surface area contributed by atoms with Gasteiger partial charge in [0.25, 0.3) is 0 Å². The minimum atomic E-state index is 0.211. The van der Waals surface area contributed by atoms with Gasteiger partial charge in [0.15, 0.2) is 5.96 Å². The van der Waals surface area contributed by atoms with Crippen LogP contribution in [-0.2, 0) is 11.2 Å². The van der Waals surface area contributed by atoms with Gasteiger partial charge in [-0.15, -0.1) is 0 Å². The highest BCUT2D eigenvalue weighted by molar-refractivity contribution is 6.31. The summed E-state index contributed by atoms with van der Waals surface area (Å²) in [5, 5.41) is 8.52. The Balaban J connectivity index is 1.90. The average molecular weight is 323 g/mol. The second kappa shape index (κ2) is 8.06. The van der Waals surface area contributed by atoms with E-state index in [1.165, 1.54) is 10.9 Å². The van der Waals surface area contributed by atoms with Crippen LogP contribution in [0.5, 0.6) is 0 Å². The van der Waals surface area contributed by atoms with Crippen molar-refractivity contribution in [2.24, 2.45) is 4.99 Å². The summed E-state index contributed by atoms with van der Waals surface area (Å²) in [6.45, 7) is 3.48. The molecule has 0 saturated heterocycles. The predicted octanol–water partition coefficient (Wildman–Crippen LogP) is 2.56. The Morgan fingerprint density at radius 2 is 2.27 bits per heavy atom. The molecular formula is C16H23ClN4O. The number of halogens is 1. The molecular weight excluding hydrogens is 300 g/mol. The van der Waals surface area contributed by atoms with Crippen LogP contribution in [0.15, 0.2) is 29.4 Å². The summed E-state index contributed by atoms with van der Waals surface area (Å²) in [5.74, 6) is 0.780. The summed E-state index contributed by atoms with van der Waals surface area (Å²) >= 11 is 6.07. The zero-order valence-corrected chi connectivity index (χ0v) is 14.0. The number of hydrogen-bond donors (Lipinski definition) is 3. The first kappa shape index (κ1) is 16.6. The lowest BCUT2D eigenvalue weighted by Gasteiger charge is -2.17. The molecule has 6 heteroatoms. The molecule has 0 spiro atoms. The summed E-state index contributed by atoms with van der Waals surface area (Å²) in [6, 6.07) is 6.10. The lowest BCUT2D eigenvalue weighted by atomic mass is 10.1. The summed E-state index contributed by atoms with van der Waals surface area (Å²) in [6.07, 6.45) is 2.92. The van der Waals surface area contributed by atoms with Crippen LogP contribution >= 0.6 is 11.6 Å². The molecule has 2 aromatic rings. The zero-order chi connectivity index (χ0) is 15.9. The fourth-order valence-corrected chi connectivity index (χ4v) is 2.56. The third-order valence-electron chi connectivity index (χ3n) is 3.44. The highest BCUT2D eigenvalue weighted by Gasteiger charge is 2.06. The average Bonchev–Trinajstić information content (AvgIpc) is 2.89. The maximum absolute atomic E-state index is 6.07. The van der Waals surface area contributed by atoms with Gasteiger partial charge in [-0.3, -0.25) is 4.99 Å². The van der Waals surface area contributed by atoms with E-state index in [2.05, 4.69) is 27.5 Å². The third kappa shape index (κ3) is 4.39. The van der Waals surface area contributed by atoms with Crippen LogP contribution in [0.4, 0.5) is 0 Å². The van der Waals surface area contributed by atoms with Crippen molar-refractivity contribution in [1.82, 2.24) is 15.6 Å². The molecule has 0 aliphatic carbocycles. The van der Waals surface area contributed by atoms with Gasteiger partial charge in [0, 0.05) is 48.9 Å². The Labute approximate surface area is 136 Å². The van der Waals surface area contributed by atoms with Gasteiger partial charge in [0.2, 0.25) is 0 Å². The molecule has 0 aliphatic rings. The molecule has 120 valence electrons. The SMILES string of the molecule is CN=C(NCCc1c[nH]c2ccc(Cl)cc12)NC(C)COC. The van der Waals surface area contributed by atoms with Gasteiger partial charge in [-0.2, -0.15) is 0 Å². The molecule has 1 unspecified atom stereocenters. The normalized spacial score (nSPS) is 13.4. The van der Waals surface area contributed by atoms with Gasteiger partial charge >= 0.3 is 0 Å². The van der Waals surface area contributed by atoms with Crippen LogP contribution in [0.25, 0.3) is 10.9 Å². The molecule has 0 aliphatic heterocycles. The Kier molecular flexibility index (Phi) is 6.10. The number of methoxy groups -OCH3 is 1. The first-order valence-corrected chi connectivity index (χ1v) is 7.73. The van der Waals surface area contributed by atoms with Gasteiger partial charge in [-0.05, 0) is 37.1 Å². The van der Waals surface area contributed by atoms with Crippen LogP contribution in [0.1, 0.15) is 12.5 Å². The fraction of sp³-hybridized carbons (Fsp3) is 0.438. The fourth-order valence-electron chi connectivity index (χ4n) is 2.39. The largest absolute Gasteiger partial charge is 0.383 e. The number of guanidine groups is 1. The number of H-pyrrole nitrogens is 1. The quantitative estimate of drug-likeness (QED) is 0.566. The van der Waals surface area contributed by atoms with E-state index in [1.54, 1.807) is 14.2 Å². The molecule has 3 N–H and O–H groups in total. The molecule has 0 bridgehead atoms. The van der Waals surface area contributed by atoms with Crippen LogP contribution in [0.3, 0.4) is 0 Å². The Hall–Kier alpha value is -1.72. The predicted molar refractivity (Wildman–Crippen MR) is 92.8 cm³/mol. The van der Waals surface area contributed by atoms with Gasteiger partial charge in [0.05, 0.1) is 6.61 Å². The highest BCUT2D eigenvalue weighted by Crippen LogP contribution is 2.22. The van der Waals surface area contributed by atoms with E-state index in [-0.39, 0.29) is 6.04 Å². The maximum Gasteiger partial charge on any atom is 0.191 e. The van der Waals surface area contributed by atoms with E-state index in [0.29, 0.717) is 6.61 Å². The second-order valence-corrected chi connectivity index (χ2v) is 5.69. The molecule has 5 nitrogen and oxygen atoms in total. The summed E-state index contributed by atoms with van der Waals surface area (Å²) < 4.78 is 5.11. The van der Waals surface area contributed by atoms with Crippen molar-refractivity contribution in [2.75, 3.05) is 27.3 Å². The van der Waals surface area contributed by atoms with Crippen molar-refractivity contribution in [3.8, 4) is 0 Å². The van der Waals surface area contributed by atoms with E-state index in [4.69, 9.17) is 16.3 Å². The topological polar surface area (TPSA) is 61.4 Å². The minimum Gasteiger partial charge on any atom is -0.383 e. The molecule has 1 atom stereocenters. The molecule has 22 heavy (non-hydrogen) atoms. The first-order chi connectivity index (χ1) is 10.6. The van der Waals surface area contributed by atoms with Crippen molar-refractivity contribution in [1.29, 1.82) is 0 Å². The molecule has 0 radical (unpaired) electrons. The molecule has 2 rings (SSSR count). The summed E-state index contributed by atoms with van der Waals surface area (Å²) in [5.41, 5.74) is 2.35. The Morgan fingerprint density at radius 1 is 1.45 bits per heavy atom. The first-order valence-electron chi connectivity index (χ1n) is 7.35. The number of hydrogen-bond acceptors (Lipinski definition) is 2. The number of nitrogens with one attached hydrogen (secondary N) is 3. The number of aromatic nitrogens is 1. The van der Waals surface area contributed by atoms with Gasteiger partial charge < -0.3 is 20.4 Å². The maximum atomic E-state index is 6.07. The van der Waals surface area contributed by atoms with E-state index >= 15 is 0 Å². The zero-order valence-electron chi connectivity index (χ0n) is 13.2. The van der Waals surface area contributed by atoms with Crippen molar-refractivity contribution >= 4 is 28.5 Å². The van der Waals surface area contributed by atoms with Gasteiger partial charge in [0.1, 0.15) is 0 Å². The highest BCUT2D eigenvalue weighted by atomic mass is 35.5. The molecule has 1 heterocycles. The number of nitrogens with zero attached hydrogens (tertiary/aromatic N) is 1. The number of benzene rings is 1. The lowest BCUT2D eigenvalue weighted by molar-refractivity contribution is 0.179. The van der Waals surface area contributed by atoms with Crippen molar-refractivity contribution < 1.29 is 4.74 Å². The molecule has 1 aromatic carbocycles. The van der Waals surface area contributed by atoms with Crippen molar-refractivity contribution in [2.45, 2.75) is 19.4 Å². The standard InChI is InChI=1S/C16H23ClN4O/c1-11(10-22-3)21-16(18-2)19-7-6-12-9-20-15-5-4-13(17)8-14(12)15/h4-5,8-9,11,20H,6-7,10H2,1-3H3,(H2,18,19,21). The van der Waals surface area contributed by atoms with Gasteiger partial charge in [-0.25, -0.2) is 0 Å². The van der Waals surface area contributed by atoms with E-state index in [9.17, 15) is 0 Å². The number of ether oxygens (including phenoxy) is 1. The monoisotopic (exact) mass is 322 g/mol. The minimum absolute atomic E-state index is 0.211.